The van der Waals surface area contributed by atoms with Gasteiger partial charge < -0.3 is 25.0 Å². The summed E-state index contributed by atoms with van der Waals surface area (Å²) in [5, 5.41) is 14.8. The lowest BCUT2D eigenvalue weighted by molar-refractivity contribution is -0.117. The van der Waals surface area contributed by atoms with E-state index in [0.29, 0.717) is 26.2 Å². The van der Waals surface area contributed by atoms with Gasteiger partial charge in [0.05, 0.1) is 6.61 Å². The van der Waals surface area contributed by atoms with Crippen molar-refractivity contribution in [2.45, 2.75) is 45.3 Å². The second-order valence-corrected chi connectivity index (χ2v) is 6.83. The third kappa shape index (κ3) is 7.90. The second-order valence-electron chi connectivity index (χ2n) is 6.83. The Labute approximate surface area is 149 Å². The summed E-state index contributed by atoms with van der Waals surface area (Å²) in [6.45, 7) is 7.40. The first kappa shape index (κ1) is 20.8. The predicted octanol–water partition coefficient (Wildman–Crippen LogP) is 1.15. The molecule has 0 aromatic carbocycles. The van der Waals surface area contributed by atoms with Gasteiger partial charge in [0.25, 0.3) is 5.91 Å². The lowest BCUT2D eigenvalue weighted by Gasteiger charge is -2.33. The monoisotopic (exact) mass is 352 g/mol. The van der Waals surface area contributed by atoms with Crippen LogP contribution in [0, 0.1) is 11.3 Å². The van der Waals surface area contributed by atoms with Crippen LogP contribution in [0.3, 0.4) is 0 Å². The molecule has 8 nitrogen and oxygen atoms in total. The van der Waals surface area contributed by atoms with Crippen LogP contribution < -0.4 is 10.6 Å². The van der Waals surface area contributed by atoms with Gasteiger partial charge in [-0.1, -0.05) is 0 Å². The maximum atomic E-state index is 12.0. The molecule has 1 aliphatic rings. The molecule has 140 valence electrons. The van der Waals surface area contributed by atoms with Gasteiger partial charge in [-0.25, -0.2) is 4.79 Å². The smallest absolute Gasteiger partial charge is 0.410 e. The van der Waals surface area contributed by atoms with Crippen LogP contribution in [0.4, 0.5) is 4.79 Å². The molecule has 0 saturated carbocycles. The topological polar surface area (TPSA) is 104 Å². The van der Waals surface area contributed by atoms with Crippen molar-refractivity contribution in [3.63, 3.8) is 0 Å². The van der Waals surface area contributed by atoms with Crippen molar-refractivity contribution in [2.24, 2.45) is 0 Å². The zero-order valence-corrected chi connectivity index (χ0v) is 15.4. The lowest BCUT2D eigenvalue weighted by atomic mass is 10.1. The number of nitriles is 1. The van der Waals surface area contributed by atoms with Gasteiger partial charge in [0, 0.05) is 39.0 Å². The molecular weight excluding hydrogens is 324 g/mol. The molecule has 0 atom stereocenters. The molecule has 0 aromatic heterocycles. The van der Waals surface area contributed by atoms with Crippen LogP contribution in [-0.4, -0.2) is 61.9 Å². The van der Waals surface area contributed by atoms with Crippen molar-refractivity contribution in [2.75, 3.05) is 33.4 Å². The van der Waals surface area contributed by atoms with Crippen LogP contribution in [0.5, 0.6) is 0 Å². The second kappa shape index (κ2) is 9.89. The van der Waals surface area contributed by atoms with Crippen molar-refractivity contribution in [3.8, 4) is 6.07 Å². The largest absolute Gasteiger partial charge is 0.444 e. The van der Waals surface area contributed by atoms with Crippen LogP contribution in [0.25, 0.3) is 0 Å². The van der Waals surface area contributed by atoms with E-state index in [-0.39, 0.29) is 17.7 Å². The van der Waals surface area contributed by atoms with Gasteiger partial charge in [0.2, 0.25) is 0 Å². The predicted molar refractivity (Wildman–Crippen MR) is 92.5 cm³/mol. The Bertz CT molecular complexity index is 526. The van der Waals surface area contributed by atoms with Crippen LogP contribution in [-0.2, 0) is 14.3 Å². The zero-order chi connectivity index (χ0) is 18.9. The Kier molecular flexibility index (Phi) is 8.22. The number of methoxy groups -OCH3 is 1. The summed E-state index contributed by atoms with van der Waals surface area (Å²) in [4.78, 5) is 25.5. The molecule has 1 rings (SSSR count). The summed E-state index contributed by atoms with van der Waals surface area (Å²) in [7, 11) is 1.54. The van der Waals surface area contributed by atoms with Crippen LogP contribution in [0.1, 0.15) is 33.6 Å². The molecular formula is C17H28N4O4. The van der Waals surface area contributed by atoms with E-state index < -0.39 is 11.5 Å². The van der Waals surface area contributed by atoms with Crippen molar-refractivity contribution in [1.82, 2.24) is 15.5 Å². The van der Waals surface area contributed by atoms with Gasteiger partial charge in [0.15, 0.2) is 0 Å². The third-order valence-corrected chi connectivity index (χ3v) is 3.57. The van der Waals surface area contributed by atoms with E-state index in [0.717, 1.165) is 12.8 Å². The summed E-state index contributed by atoms with van der Waals surface area (Å²) in [5.41, 5.74) is -0.488. The fourth-order valence-corrected chi connectivity index (χ4v) is 2.27. The van der Waals surface area contributed by atoms with E-state index in [1.807, 2.05) is 26.8 Å². The number of amides is 2. The van der Waals surface area contributed by atoms with Crippen molar-refractivity contribution in [1.29, 1.82) is 5.26 Å². The molecule has 1 fully saturated rings. The molecule has 2 N–H and O–H groups in total. The highest BCUT2D eigenvalue weighted by molar-refractivity contribution is 5.97. The minimum Gasteiger partial charge on any atom is -0.444 e. The van der Waals surface area contributed by atoms with Gasteiger partial charge in [0.1, 0.15) is 17.2 Å². The molecule has 25 heavy (non-hydrogen) atoms. The number of ether oxygens (including phenoxy) is 2. The van der Waals surface area contributed by atoms with Gasteiger partial charge in [-0.2, -0.15) is 5.26 Å². The van der Waals surface area contributed by atoms with Gasteiger partial charge in [-0.15, -0.1) is 0 Å². The normalized spacial score (nSPS) is 16.1. The van der Waals surface area contributed by atoms with Crippen LogP contribution in [0.15, 0.2) is 11.8 Å². The summed E-state index contributed by atoms with van der Waals surface area (Å²) in [5.74, 6) is -0.432. The number of likely N-dealkylation sites (tertiary alicyclic amines) is 1. The molecule has 1 aliphatic heterocycles. The van der Waals surface area contributed by atoms with E-state index in [4.69, 9.17) is 14.7 Å². The van der Waals surface area contributed by atoms with Crippen molar-refractivity contribution >= 4 is 12.0 Å². The highest BCUT2D eigenvalue weighted by atomic mass is 16.6. The van der Waals surface area contributed by atoms with E-state index >= 15 is 0 Å². The molecule has 0 aromatic rings. The molecule has 1 heterocycles. The van der Waals surface area contributed by atoms with E-state index in [1.54, 1.807) is 12.0 Å². The van der Waals surface area contributed by atoms with Crippen molar-refractivity contribution in [3.05, 3.63) is 11.8 Å². The molecule has 0 aliphatic carbocycles. The summed E-state index contributed by atoms with van der Waals surface area (Å²) in [6.07, 6.45) is 2.58. The fourth-order valence-electron chi connectivity index (χ4n) is 2.27. The van der Waals surface area contributed by atoms with Gasteiger partial charge >= 0.3 is 6.09 Å². The van der Waals surface area contributed by atoms with E-state index in [1.165, 1.54) is 6.20 Å². The molecule has 2 amide bonds. The SMILES string of the molecule is COCCNC(=O)/C(C#N)=C\NC1CCN(C(=O)OC(C)(C)C)CC1. The van der Waals surface area contributed by atoms with Gasteiger partial charge in [-0.3, -0.25) is 4.79 Å². The zero-order valence-electron chi connectivity index (χ0n) is 15.4. The molecule has 1 saturated heterocycles. The first-order valence-corrected chi connectivity index (χ1v) is 8.38. The fraction of sp³-hybridized carbons (Fsp3) is 0.706. The Morgan fingerprint density at radius 3 is 2.48 bits per heavy atom. The van der Waals surface area contributed by atoms with E-state index in [9.17, 15) is 9.59 Å². The average Bonchev–Trinajstić information content (AvgIpc) is 2.54. The minimum absolute atomic E-state index is 0.0191. The summed E-state index contributed by atoms with van der Waals surface area (Å²) in [6, 6.07) is 1.99. The summed E-state index contributed by atoms with van der Waals surface area (Å²) >= 11 is 0. The number of carbonyl (C=O) groups excluding carboxylic acids is 2. The van der Waals surface area contributed by atoms with Crippen LogP contribution >= 0.6 is 0 Å². The number of nitrogens with one attached hydrogen (secondary N) is 2. The Morgan fingerprint density at radius 1 is 1.32 bits per heavy atom. The number of carbonyl (C=O) groups is 2. The Balaban J connectivity index is 2.43. The first-order valence-electron chi connectivity index (χ1n) is 8.38. The molecule has 0 bridgehead atoms. The Hall–Kier alpha value is -2.27. The molecule has 0 unspecified atom stereocenters. The van der Waals surface area contributed by atoms with Crippen molar-refractivity contribution < 1.29 is 19.1 Å². The quantitative estimate of drug-likeness (QED) is 0.422. The average molecular weight is 352 g/mol. The number of hydrogen-bond donors (Lipinski definition) is 2. The maximum Gasteiger partial charge on any atom is 0.410 e. The van der Waals surface area contributed by atoms with Gasteiger partial charge in [-0.05, 0) is 33.6 Å². The van der Waals surface area contributed by atoms with Crippen LogP contribution in [0.2, 0.25) is 0 Å². The Morgan fingerprint density at radius 2 is 1.96 bits per heavy atom. The number of nitrogens with zero attached hydrogens (tertiary/aromatic N) is 2. The molecule has 0 spiro atoms. The minimum atomic E-state index is -0.507. The first-order chi connectivity index (χ1) is 11.8. The highest BCUT2D eigenvalue weighted by Crippen LogP contribution is 2.15. The highest BCUT2D eigenvalue weighted by Gasteiger charge is 2.26. The number of piperidine rings is 1. The molecule has 8 heteroatoms. The standard InChI is InChI=1S/C17H28N4O4/c1-17(2,3)25-16(23)21-8-5-14(6-9-21)20-12-13(11-18)15(22)19-7-10-24-4/h12,14,20H,5-10H2,1-4H3,(H,19,22)/b13-12-. The van der Waals surface area contributed by atoms with E-state index in [2.05, 4.69) is 10.6 Å². The number of rotatable bonds is 6. The lowest BCUT2D eigenvalue weighted by Crippen LogP contribution is -2.45. The number of hydrogen-bond acceptors (Lipinski definition) is 6. The summed E-state index contributed by atoms with van der Waals surface area (Å²) < 4.78 is 10.2. The molecule has 0 radical (unpaired) electrons. The maximum absolute atomic E-state index is 12.0. The third-order valence-electron chi connectivity index (χ3n) is 3.57.